The Hall–Kier alpha value is -1.34. The van der Waals surface area contributed by atoms with Crippen LogP contribution in [0.5, 0.6) is 0 Å². The minimum absolute atomic E-state index is 0.216. The molecule has 2 rings (SSSR count). The van der Waals surface area contributed by atoms with E-state index >= 15 is 0 Å². The maximum absolute atomic E-state index is 9.35. The molecular formula is C13H20N4. The Labute approximate surface area is 103 Å². The molecule has 1 heterocycles. The molecule has 1 saturated carbocycles. The van der Waals surface area contributed by atoms with Crippen LogP contribution in [0.4, 0.5) is 0 Å². The molecule has 0 amide bonds. The van der Waals surface area contributed by atoms with Gasteiger partial charge >= 0.3 is 0 Å². The van der Waals surface area contributed by atoms with E-state index in [1.807, 2.05) is 25.6 Å². The van der Waals surface area contributed by atoms with E-state index in [1.54, 1.807) is 0 Å². The first-order chi connectivity index (χ1) is 8.13. The maximum atomic E-state index is 9.35. The summed E-state index contributed by atoms with van der Waals surface area (Å²) in [6, 6.07) is 2.66. The van der Waals surface area contributed by atoms with Crippen molar-refractivity contribution in [1.29, 1.82) is 5.26 Å². The minimum atomic E-state index is -0.216. The Bertz CT molecular complexity index is 435. The fourth-order valence-electron chi connectivity index (χ4n) is 2.72. The predicted octanol–water partition coefficient (Wildman–Crippen LogP) is 2.13. The van der Waals surface area contributed by atoms with Crippen molar-refractivity contribution in [1.82, 2.24) is 15.1 Å². The molecule has 1 N–H and O–H groups in total. The van der Waals surface area contributed by atoms with Crippen molar-refractivity contribution in [2.75, 3.05) is 0 Å². The van der Waals surface area contributed by atoms with Crippen LogP contribution in [0.2, 0.25) is 0 Å². The molecule has 4 heteroatoms. The topological polar surface area (TPSA) is 53.6 Å². The lowest BCUT2D eigenvalue weighted by atomic mass is 10.0. The van der Waals surface area contributed by atoms with Gasteiger partial charge in [0, 0.05) is 24.3 Å². The number of hydrogen-bond acceptors (Lipinski definition) is 3. The molecule has 17 heavy (non-hydrogen) atoms. The lowest BCUT2D eigenvalue weighted by molar-refractivity contribution is 0.490. The highest BCUT2D eigenvalue weighted by Crippen LogP contribution is 2.25. The molecule has 0 aliphatic heterocycles. The highest BCUT2D eigenvalue weighted by atomic mass is 15.3. The van der Waals surface area contributed by atoms with Gasteiger partial charge in [0.15, 0.2) is 0 Å². The van der Waals surface area contributed by atoms with Gasteiger partial charge in [0.25, 0.3) is 0 Å². The highest BCUT2D eigenvalue weighted by molar-refractivity contribution is 5.32. The van der Waals surface area contributed by atoms with Crippen LogP contribution in [0.3, 0.4) is 0 Å². The molecule has 1 atom stereocenters. The van der Waals surface area contributed by atoms with Gasteiger partial charge in [-0.25, -0.2) is 0 Å². The fourth-order valence-corrected chi connectivity index (χ4v) is 2.72. The lowest BCUT2D eigenvalue weighted by Gasteiger charge is -2.17. The van der Waals surface area contributed by atoms with Gasteiger partial charge in [-0.2, -0.15) is 10.4 Å². The summed E-state index contributed by atoms with van der Waals surface area (Å²) >= 11 is 0. The third-order valence-corrected chi connectivity index (χ3v) is 3.74. The molecule has 0 bridgehead atoms. The first-order valence-corrected chi connectivity index (χ1v) is 6.29. The average molecular weight is 232 g/mol. The van der Waals surface area contributed by atoms with E-state index in [9.17, 15) is 5.26 Å². The zero-order valence-electron chi connectivity index (χ0n) is 10.8. The number of nitrogens with zero attached hydrogens (tertiary/aromatic N) is 3. The predicted molar refractivity (Wildman–Crippen MR) is 66.4 cm³/mol. The normalized spacial score (nSPS) is 18.2. The van der Waals surface area contributed by atoms with E-state index in [0.29, 0.717) is 6.04 Å². The molecule has 92 valence electrons. The molecule has 0 saturated heterocycles. The first kappa shape index (κ1) is 12.1. The van der Waals surface area contributed by atoms with Gasteiger partial charge in [-0.1, -0.05) is 12.8 Å². The van der Waals surface area contributed by atoms with E-state index < -0.39 is 0 Å². The van der Waals surface area contributed by atoms with Gasteiger partial charge in [0.2, 0.25) is 0 Å². The Morgan fingerprint density at radius 3 is 2.53 bits per heavy atom. The third-order valence-electron chi connectivity index (χ3n) is 3.74. The summed E-state index contributed by atoms with van der Waals surface area (Å²) in [6.45, 7) is 4.00. The first-order valence-electron chi connectivity index (χ1n) is 6.29. The van der Waals surface area contributed by atoms with Crippen molar-refractivity contribution in [3.8, 4) is 6.07 Å². The van der Waals surface area contributed by atoms with Crippen molar-refractivity contribution < 1.29 is 0 Å². The molecule has 4 nitrogen and oxygen atoms in total. The largest absolute Gasteiger partial charge is 0.295 e. The zero-order valence-corrected chi connectivity index (χ0v) is 10.8. The van der Waals surface area contributed by atoms with Gasteiger partial charge in [-0.3, -0.25) is 10.00 Å². The molecule has 1 aromatic heterocycles. The molecule has 0 radical (unpaired) electrons. The summed E-state index contributed by atoms with van der Waals surface area (Å²) in [5, 5.41) is 17.2. The van der Waals surface area contributed by atoms with Gasteiger partial charge in [0.05, 0.1) is 11.8 Å². The smallest absolute Gasteiger partial charge is 0.125 e. The Morgan fingerprint density at radius 1 is 1.41 bits per heavy atom. The quantitative estimate of drug-likeness (QED) is 0.868. The second-order valence-corrected chi connectivity index (χ2v) is 4.92. The summed E-state index contributed by atoms with van der Waals surface area (Å²) in [5.74, 6) is 0. The number of rotatable bonds is 3. The van der Waals surface area contributed by atoms with E-state index in [1.165, 1.54) is 25.7 Å². The van der Waals surface area contributed by atoms with E-state index in [-0.39, 0.29) is 6.04 Å². The van der Waals surface area contributed by atoms with Crippen LogP contribution in [-0.2, 0) is 7.05 Å². The van der Waals surface area contributed by atoms with Crippen LogP contribution in [0, 0.1) is 25.2 Å². The molecule has 1 unspecified atom stereocenters. The zero-order chi connectivity index (χ0) is 12.4. The van der Waals surface area contributed by atoms with Crippen LogP contribution in [0.15, 0.2) is 0 Å². The number of nitrogens with one attached hydrogen (secondary N) is 1. The van der Waals surface area contributed by atoms with E-state index in [0.717, 1.165) is 17.0 Å². The second-order valence-electron chi connectivity index (χ2n) is 4.92. The van der Waals surface area contributed by atoms with E-state index in [2.05, 4.69) is 16.5 Å². The molecule has 1 aliphatic rings. The SMILES string of the molecule is Cc1nn(C)c(C)c1C(C#N)NC1CCCC1. The third kappa shape index (κ3) is 2.34. The van der Waals surface area contributed by atoms with Crippen molar-refractivity contribution in [2.24, 2.45) is 7.05 Å². The molecule has 1 fully saturated rings. The van der Waals surface area contributed by atoms with Crippen LogP contribution in [0.1, 0.15) is 48.7 Å². The van der Waals surface area contributed by atoms with Crippen LogP contribution < -0.4 is 5.32 Å². The Kier molecular flexibility index (Phi) is 3.49. The summed E-state index contributed by atoms with van der Waals surface area (Å²) in [7, 11) is 1.93. The maximum Gasteiger partial charge on any atom is 0.125 e. The highest BCUT2D eigenvalue weighted by Gasteiger charge is 2.24. The van der Waals surface area contributed by atoms with Crippen molar-refractivity contribution in [3.63, 3.8) is 0 Å². The van der Waals surface area contributed by atoms with Crippen LogP contribution >= 0.6 is 0 Å². The molecular weight excluding hydrogens is 212 g/mol. The monoisotopic (exact) mass is 232 g/mol. The lowest BCUT2D eigenvalue weighted by Crippen LogP contribution is -2.30. The van der Waals surface area contributed by atoms with Gasteiger partial charge in [-0.05, 0) is 26.7 Å². The van der Waals surface area contributed by atoms with Crippen LogP contribution in [0.25, 0.3) is 0 Å². The Morgan fingerprint density at radius 2 is 2.06 bits per heavy atom. The minimum Gasteiger partial charge on any atom is -0.295 e. The Balaban J connectivity index is 2.20. The summed E-state index contributed by atoms with van der Waals surface area (Å²) < 4.78 is 1.85. The number of hydrogen-bond donors (Lipinski definition) is 1. The number of nitriles is 1. The number of aromatic nitrogens is 2. The van der Waals surface area contributed by atoms with Gasteiger partial charge < -0.3 is 0 Å². The van der Waals surface area contributed by atoms with Gasteiger partial charge in [-0.15, -0.1) is 0 Å². The molecule has 1 aromatic rings. The van der Waals surface area contributed by atoms with E-state index in [4.69, 9.17) is 0 Å². The molecule has 1 aliphatic carbocycles. The standard InChI is InChI=1S/C13H20N4/c1-9-13(10(2)17(3)16-9)12(8-14)15-11-6-4-5-7-11/h11-12,15H,4-7H2,1-3H3. The number of aryl methyl sites for hydroxylation is 2. The van der Waals surface area contributed by atoms with Crippen molar-refractivity contribution >= 4 is 0 Å². The average Bonchev–Trinajstić information content (AvgIpc) is 2.87. The van der Waals surface area contributed by atoms with Crippen LogP contribution in [-0.4, -0.2) is 15.8 Å². The molecule has 0 spiro atoms. The molecule has 0 aromatic carbocycles. The summed E-state index contributed by atoms with van der Waals surface area (Å²) in [4.78, 5) is 0. The van der Waals surface area contributed by atoms with Gasteiger partial charge in [0.1, 0.15) is 6.04 Å². The van der Waals surface area contributed by atoms with Crippen molar-refractivity contribution in [3.05, 3.63) is 17.0 Å². The summed E-state index contributed by atoms with van der Waals surface area (Å²) in [6.07, 6.45) is 4.94. The second kappa shape index (κ2) is 4.89. The fraction of sp³-hybridized carbons (Fsp3) is 0.692. The van der Waals surface area contributed by atoms with Crippen molar-refractivity contribution in [2.45, 2.75) is 51.6 Å². The summed E-state index contributed by atoms with van der Waals surface area (Å²) in [5.41, 5.74) is 3.10.